The zero-order valence-electron chi connectivity index (χ0n) is 12.3. The first kappa shape index (κ1) is 17.3. The Balaban J connectivity index is 2.50. The molecule has 0 nitrogen and oxygen atoms in total. The summed E-state index contributed by atoms with van der Waals surface area (Å²) in [6, 6.07) is 16.6. The van der Waals surface area contributed by atoms with Gasteiger partial charge in [0, 0.05) is 0 Å². The second kappa shape index (κ2) is 6.07. The molecule has 3 rings (SSSR count). The molecule has 0 aliphatic carbocycles. The van der Waals surface area contributed by atoms with Crippen LogP contribution in [0.4, 0.5) is 13.2 Å². The van der Waals surface area contributed by atoms with Gasteiger partial charge in [0.05, 0.1) is 0 Å². The zero-order chi connectivity index (χ0) is 17.4. The Hall–Kier alpha value is -1.54. The van der Waals surface area contributed by atoms with Crippen molar-refractivity contribution in [1.29, 1.82) is 0 Å². The molecule has 0 heterocycles. The van der Waals surface area contributed by atoms with Gasteiger partial charge in [-0.2, -0.15) is 0 Å². The summed E-state index contributed by atoms with van der Waals surface area (Å²) >= 11 is 13.7. The van der Waals surface area contributed by atoms with Gasteiger partial charge < -0.3 is 0 Å². The van der Waals surface area contributed by atoms with E-state index in [1.165, 1.54) is 72.8 Å². The number of hydrogen-bond donors (Lipinski definition) is 0. The summed E-state index contributed by atoms with van der Waals surface area (Å²) in [5.41, 5.74) is 0. The van der Waals surface area contributed by atoms with E-state index in [1.54, 1.807) is 0 Å². The molecule has 0 saturated heterocycles. The molecule has 0 N–H and O–H groups in total. The van der Waals surface area contributed by atoms with E-state index < -0.39 is 22.8 Å². The van der Waals surface area contributed by atoms with Gasteiger partial charge in [0.15, 0.2) is 0 Å². The standard InChI is InChI=1S/C18H12Cl2F3P/c19-24(20,16-10-4-1-7-13(16)21,17-11-5-2-8-14(17)22)18-12-6-3-9-15(18)23/h1-12H. The van der Waals surface area contributed by atoms with E-state index in [0.29, 0.717) is 0 Å². The number of halogens is 5. The van der Waals surface area contributed by atoms with Gasteiger partial charge in [-0.15, -0.1) is 0 Å². The van der Waals surface area contributed by atoms with Gasteiger partial charge in [-0.3, -0.25) is 0 Å². The van der Waals surface area contributed by atoms with Gasteiger partial charge in [0.25, 0.3) is 0 Å². The molecule has 0 fully saturated rings. The summed E-state index contributed by atoms with van der Waals surface area (Å²) in [7, 11) is 0. The Morgan fingerprint density at radius 2 is 0.750 bits per heavy atom. The molecule has 0 saturated carbocycles. The van der Waals surface area contributed by atoms with E-state index in [2.05, 4.69) is 0 Å². The van der Waals surface area contributed by atoms with Crippen molar-refractivity contribution in [3.63, 3.8) is 0 Å². The van der Waals surface area contributed by atoms with Gasteiger partial charge in [-0.1, -0.05) is 0 Å². The van der Waals surface area contributed by atoms with Gasteiger partial charge in [-0.25, -0.2) is 0 Å². The normalized spacial score (nSPS) is 13.3. The average molecular weight is 387 g/mol. The number of hydrogen-bond acceptors (Lipinski definition) is 0. The molecule has 0 aliphatic rings. The maximum atomic E-state index is 14.6. The third kappa shape index (κ3) is 2.52. The second-order valence-electron chi connectivity index (χ2n) is 5.26. The van der Waals surface area contributed by atoms with Crippen molar-refractivity contribution in [2.45, 2.75) is 0 Å². The fourth-order valence-electron chi connectivity index (χ4n) is 2.70. The second-order valence-corrected chi connectivity index (χ2v) is 13.1. The summed E-state index contributed by atoms with van der Waals surface area (Å²) in [5, 5.41) is -5.07. The molecule has 0 amide bonds. The zero-order valence-corrected chi connectivity index (χ0v) is 14.7. The Morgan fingerprint density at radius 3 is 1.00 bits per heavy atom. The van der Waals surface area contributed by atoms with Crippen molar-refractivity contribution < 1.29 is 13.2 Å². The van der Waals surface area contributed by atoms with Gasteiger partial charge in [0.2, 0.25) is 0 Å². The molecule has 0 bridgehead atoms. The van der Waals surface area contributed by atoms with E-state index in [-0.39, 0.29) is 15.9 Å². The predicted octanol–water partition coefficient (Wildman–Crippen LogP) is 5.24. The molecule has 6 heteroatoms. The molecular weight excluding hydrogens is 375 g/mol. The van der Waals surface area contributed by atoms with Crippen molar-refractivity contribution in [3.8, 4) is 0 Å². The van der Waals surface area contributed by atoms with Gasteiger partial charge >= 0.3 is 147 Å². The number of benzene rings is 3. The van der Waals surface area contributed by atoms with E-state index >= 15 is 0 Å². The third-order valence-corrected chi connectivity index (χ3v) is 10.7. The molecule has 3 aromatic rings. The monoisotopic (exact) mass is 386 g/mol. The van der Waals surface area contributed by atoms with Crippen molar-refractivity contribution in [3.05, 3.63) is 90.2 Å². The molecule has 124 valence electrons. The minimum absolute atomic E-state index is 0.123. The molecule has 0 radical (unpaired) electrons. The summed E-state index contributed by atoms with van der Waals surface area (Å²) in [4.78, 5) is 0. The van der Waals surface area contributed by atoms with Crippen LogP contribution < -0.4 is 15.9 Å². The Kier molecular flexibility index (Phi) is 4.37. The summed E-state index contributed by atoms with van der Waals surface area (Å²) in [6.07, 6.45) is 0. The van der Waals surface area contributed by atoms with E-state index in [0.717, 1.165) is 0 Å². The van der Waals surface area contributed by atoms with Crippen molar-refractivity contribution in [2.24, 2.45) is 0 Å². The van der Waals surface area contributed by atoms with E-state index in [4.69, 9.17) is 22.5 Å². The van der Waals surface area contributed by atoms with Gasteiger partial charge in [0.1, 0.15) is 0 Å². The quantitative estimate of drug-likeness (QED) is 0.540. The van der Waals surface area contributed by atoms with Crippen LogP contribution in [0.15, 0.2) is 72.8 Å². The van der Waals surface area contributed by atoms with Crippen molar-refractivity contribution in [2.75, 3.05) is 0 Å². The molecule has 0 aliphatic heterocycles. The first-order chi connectivity index (χ1) is 11.4. The SMILES string of the molecule is Fc1ccccc1P(Cl)(Cl)(c1ccccc1F)c1ccccc1F. The van der Waals surface area contributed by atoms with Crippen LogP contribution in [0.5, 0.6) is 0 Å². The van der Waals surface area contributed by atoms with Crippen LogP contribution in [0.2, 0.25) is 0 Å². The molecule has 0 spiro atoms. The fraction of sp³-hybridized carbons (Fsp3) is 0. The molecule has 0 unspecified atom stereocenters. The first-order valence-corrected chi connectivity index (χ1v) is 11.1. The Bertz CT molecular complexity index is 794. The molecule has 3 aromatic carbocycles. The minimum atomic E-state index is -4.70. The van der Waals surface area contributed by atoms with Gasteiger partial charge in [-0.05, 0) is 0 Å². The maximum absolute atomic E-state index is 14.6. The molecule has 0 atom stereocenters. The van der Waals surface area contributed by atoms with Crippen LogP contribution in [0.25, 0.3) is 0 Å². The van der Waals surface area contributed by atoms with Crippen LogP contribution in [0.3, 0.4) is 0 Å². The molecular formula is C18H12Cl2F3P. The van der Waals surface area contributed by atoms with Crippen LogP contribution >= 0.6 is 27.8 Å². The van der Waals surface area contributed by atoms with Crippen LogP contribution in [0.1, 0.15) is 0 Å². The predicted molar refractivity (Wildman–Crippen MR) is 96.7 cm³/mol. The van der Waals surface area contributed by atoms with Crippen LogP contribution in [-0.2, 0) is 0 Å². The topological polar surface area (TPSA) is 0 Å². The molecule has 0 aromatic heterocycles. The third-order valence-electron chi connectivity index (χ3n) is 3.83. The average Bonchev–Trinajstić information content (AvgIpc) is 2.56. The fourth-order valence-corrected chi connectivity index (χ4v) is 8.34. The van der Waals surface area contributed by atoms with Crippen molar-refractivity contribution >= 4 is 43.7 Å². The summed E-state index contributed by atoms with van der Waals surface area (Å²) in [5.74, 6) is -2.15. The van der Waals surface area contributed by atoms with Crippen LogP contribution in [0, 0.1) is 17.5 Å². The van der Waals surface area contributed by atoms with Crippen molar-refractivity contribution in [1.82, 2.24) is 0 Å². The summed E-state index contributed by atoms with van der Waals surface area (Å²) in [6.45, 7) is 0. The van der Waals surface area contributed by atoms with E-state index in [1.807, 2.05) is 0 Å². The van der Waals surface area contributed by atoms with Crippen LogP contribution in [-0.4, -0.2) is 0 Å². The Morgan fingerprint density at radius 1 is 0.500 bits per heavy atom. The Labute approximate surface area is 147 Å². The first-order valence-electron chi connectivity index (χ1n) is 7.06. The number of rotatable bonds is 3. The molecule has 24 heavy (non-hydrogen) atoms. The van der Waals surface area contributed by atoms with E-state index in [9.17, 15) is 13.2 Å². The summed E-state index contributed by atoms with van der Waals surface area (Å²) < 4.78 is 43.8.